The zero-order valence-electron chi connectivity index (χ0n) is 16.1. The van der Waals surface area contributed by atoms with E-state index in [1.165, 1.54) is 16.7 Å². The highest BCUT2D eigenvalue weighted by molar-refractivity contribution is 6.30. The minimum atomic E-state index is 0.274. The molecule has 4 heteroatoms. The van der Waals surface area contributed by atoms with Crippen molar-refractivity contribution in [2.45, 2.75) is 18.8 Å². The van der Waals surface area contributed by atoms with E-state index < -0.39 is 0 Å². The van der Waals surface area contributed by atoms with E-state index in [9.17, 15) is 0 Å². The van der Waals surface area contributed by atoms with Crippen molar-refractivity contribution < 1.29 is 0 Å². The summed E-state index contributed by atoms with van der Waals surface area (Å²) in [5.41, 5.74) is 6.16. The van der Waals surface area contributed by atoms with Crippen molar-refractivity contribution in [2.24, 2.45) is 0 Å². The van der Waals surface area contributed by atoms with Crippen LogP contribution >= 0.6 is 11.6 Å². The molecule has 4 aromatic rings. The number of aromatic nitrogens is 2. The van der Waals surface area contributed by atoms with Gasteiger partial charge in [-0.3, -0.25) is 0 Å². The van der Waals surface area contributed by atoms with E-state index in [1.807, 2.05) is 28.9 Å². The van der Waals surface area contributed by atoms with E-state index in [-0.39, 0.29) is 5.92 Å². The monoisotopic (exact) mass is 399 g/mol. The van der Waals surface area contributed by atoms with Crippen LogP contribution in [-0.2, 0) is 12.8 Å². The summed E-state index contributed by atoms with van der Waals surface area (Å²) in [6, 6.07) is 29.3. The summed E-state index contributed by atoms with van der Waals surface area (Å²) in [5, 5.41) is 9.29. The second kappa shape index (κ2) is 7.76. The van der Waals surface area contributed by atoms with E-state index in [1.54, 1.807) is 0 Å². The van der Waals surface area contributed by atoms with Crippen molar-refractivity contribution in [1.82, 2.24) is 9.78 Å². The van der Waals surface area contributed by atoms with Gasteiger partial charge in [0.25, 0.3) is 0 Å². The van der Waals surface area contributed by atoms with Gasteiger partial charge in [0.1, 0.15) is 5.82 Å². The van der Waals surface area contributed by atoms with Gasteiger partial charge in [0.15, 0.2) is 0 Å². The molecule has 0 bridgehead atoms. The molecule has 0 spiro atoms. The fourth-order valence-electron chi connectivity index (χ4n) is 4.17. The van der Waals surface area contributed by atoms with Crippen LogP contribution in [0.15, 0.2) is 84.9 Å². The lowest BCUT2D eigenvalue weighted by molar-refractivity contribution is 0.745. The van der Waals surface area contributed by atoms with Crippen molar-refractivity contribution in [3.05, 3.63) is 112 Å². The van der Waals surface area contributed by atoms with Crippen LogP contribution < -0.4 is 5.32 Å². The van der Waals surface area contributed by atoms with Crippen LogP contribution in [0.1, 0.15) is 28.3 Å². The van der Waals surface area contributed by atoms with Crippen LogP contribution in [0.4, 0.5) is 5.82 Å². The second-order valence-electron chi connectivity index (χ2n) is 7.42. The lowest BCUT2D eigenvalue weighted by Crippen LogP contribution is -2.09. The van der Waals surface area contributed by atoms with Crippen molar-refractivity contribution in [3.63, 3.8) is 0 Å². The molecular formula is C25H22ClN3. The summed E-state index contributed by atoms with van der Waals surface area (Å²) < 4.78 is 2.03. The van der Waals surface area contributed by atoms with Crippen LogP contribution in [0.25, 0.3) is 5.69 Å². The molecule has 29 heavy (non-hydrogen) atoms. The molecular weight excluding hydrogens is 378 g/mol. The van der Waals surface area contributed by atoms with E-state index in [4.69, 9.17) is 16.7 Å². The summed E-state index contributed by atoms with van der Waals surface area (Å²) in [4.78, 5) is 0. The first-order valence-corrected chi connectivity index (χ1v) is 10.4. The van der Waals surface area contributed by atoms with Crippen molar-refractivity contribution in [3.8, 4) is 5.69 Å². The number of fused-ring (bicyclic) bond motifs is 1. The Morgan fingerprint density at radius 1 is 0.862 bits per heavy atom. The van der Waals surface area contributed by atoms with Gasteiger partial charge >= 0.3 is 0 Å². The Balaban J connectivity index is 1.56. The second-order valence-corrected chi connectivity index (χ2v) is 7.85. The van der Waals surface area contributed by atoms with Gasteiger partial charge < -0.3 is 5.32 Å². The maximum atomic E-state index is 6.08. The van der Waals surface area contributed by atoms with Gasteiger partial charge in [-0.2, -0.15) is 5.10 Å². The Kier molecular flexibility index (Phi) is 4.82. The van der Waals surface area contributed by atoms with Gasteiger partial charge in [-0.1, -0.05) is 72.3 Å². The molecule has 0 atom stereocenters. The van der Waals surface area contributed by atoms with E-state index in [0.29, 0.717) is 0 Å². The number of hydrogen-bond donors (Lipinski definition) is 1. The molecule has 1 aliphatic rings. The first-order chi connectivity index (χ1) is 14.3. The Morgan fingerprint density at radius 3 is 2.10 bits per heavy atom. The molecule has 3 aromatic carbocycles. The number of halogens is 1. The average molecular weight is 400 g/mol. The predicted molar refractivity (Wildman–Crippen MR) is 119 cm³/mol. The van der Waals surface area contributed by atoms with Crippen molar-refractivity contribution >= 4 is 17.4 Å². The third-order valence-electron chi connectivity index (χ3n) is 5.61. The summed E-state index contributed by atoms with van der Waals surface area (Å²) in [7, 11) is 0. The number of benzene rings is 3. The molecule has 0 saturated heterocycles. The number of rotatable bonds is 5. The van der Waals surface area contributed by atoms with Crippen molar-refractivity contribution in [2.75, 3.05) is 11.9 Å². The first kappa shape index (κ1) is 18.0. The molecule has 5 rings (SSSR count). The van der Waals surface area contributed by atoms with Gasteiger partial charge in [0, 0.05) is 29.5 Å². The summed E-state index contributed by atoms with van der Waals surface area (Å²) in [6.45, 7) is 0.953. The molecule has 0 unspecified atom stereocenters. The van der Waals surface area contributed by atoms with Crippen LogP contribution in [0.5, 0.6) is 0 Å². The van der Waals surface area contributed by atoms with Crippen LogP contribution in [0, 0.1) is 0 Å². The van der Waals surface area contributed by atoms with Crippen LogP contribution in [0.2, 0.25) is 5.02 Å². The molecule has 0 saturated carbocycles. The topological polar surface area (TPSA) is 29.9 Å². The fraction of sp³-hybridized carbons (Fsp3) is 0.160. The number of nitrogens with one attached hydrogen (secondary N) is 1. The van der Waals surface area contributed by atoms with Gasteiger partial charge in [-0.05, 0) is 41.8 Å². The molecule has 1 aromatic heterocycles. The SMILES string of the molecule is Clc1ccc(-n2nc(CC(c3ccccc3)c3ccccc3)c3c2NCC3)cc1. The number of nitrogens with zero attached hydrogens (tertiary/aromatic N) is 2. The number of hydrogen-bond acceptors (Lipinski definition) is 2. The maximum Gasteiger partial charge on any atom is 0.133 e. The smallest absolute Gasteiger partial charge is 0.133 e. The first-order valence-electron chi connectivity index (χ1n) is 10.00. The van der Waals surface area contributed by atoms with Gasteiger partial charge in [-0.15, -0.1) is 0 Å². The summed E-state index contributed by atoms with van der Waals surface area (Å²) in [5.74, 6) is 1.39. The third-order valence-corrected chi connectivity index (χ3v) is 5.86. The Labute approximate surface area is 176 Å². The van der Waals surface area contributed by atoms with E-state index in [0.717, 1.165) is 41.6 Å². The molecule has 3 nitrogen and oxygen atoms in total. The molecule has 0 aliphatic carbocycles. The van der Waals surface area contributed by atoms with Gasteiger partial charge in [0.05, 0.1) is 11.4 Å². The lowest BCUT2D eigenvalue weighted by atomic mass is 9.86. The zero-order chi connectivity index (χ0) is 19.6. The Hall–Kier alpha value is -3.04. The zero-order valence-corrected chi connectivity index (χ0v) is 16.8. The maximum absolute atomic E-state index is 6.08. The molecule has 1 aliphatic heterocycles. The fourth-order valence-corrected chi connectivity index (χ4v) is 4.30. The average Bonchev–Trinajstić information content (AvgIpc) is 3.37. The highest BCUT2D eigenvalue weighted by Gasteiger charge is 2.26. The highest BCUT2D eigenvalue weighted by atomic mass is 35.5. The van der Waals surface area contributed by atoms with Gasteiger partial charge in [0.2, 0.25) is 0 Å². The standard InChI is InChI=1S/C25H22ClN3/c26-20-11-13-21(14-12-20)29-25-22(15-16-27-25)24(28-29)17-23(18-7-3-1-4-8-18)19-9-5-2-6-10-19/h1-14,23,27H,15-17H2. The molecule has 0 radical (unpaired) electrons. The Bertz CT molecular complexity index is 1060. The van der Waals surface area contributed by atoms with E-state index >= 15 is 0 Å². The molecule has 0 amide bonds. The molecule has 2 heterocycles. The quantitative estimate of drug-likeness (QED) is 0.455. The van der Waals surface area contributed by atoms with E-state index in [2.05, 4.69) is 66.0 Å². The molecule has 0 fully saturated rings. The third kappa shape index (κ3) is 3.54. The van der Waals surface area contributed by atoms with Crippen LogP contribution in [0.3, 0.4) is 0 Å². The number of anilines is 1. The summed E-state index contributed by atoms with van der Waals surface area (Å²) >= 11 is 6.08. The van der Waals surface area contributed by atoms with Crippen LogP contribution in [-0.4, -0.2) is 16.3 Å². The molecule has 1 N–H and O–H groups in total. The normalized spacial score (nSPS) is 12.8. The lowest BCUT2D eigenvalue weighted by Gasteiger charge is -2.17. The predicted octanol–water partition coefficient (Wildman–Crippen LogP) is 5.87. The van der Waals surface area contributed by atoms with Crippen molar-refractivity contribution in [1.29, 1.82) is 0 Å². The minimum absolute atomic E-state index is 0.274. The highest BCUT2D eigenvalue weighted by Crippen LogP contribution is 2.34. The minimum Gasteiger partial charge on any atom is -0.369 e. The Morgan fingerprint density at radius 2 is 1.48 bits per heavy atom. The van der Waals surface area contributed by atoms with Gasteiger partial charge in [-0.25, -0.2) is 4.68 Å². The molecule has 144 valence electrons. The summed E-state index contributed by atoms with van der Waals surface area (Å²) in [6.07, 6.45) is 1.88. The largest absolute Gasteiger partial charge is 0.369 e.